The molecular weight excluding hydrogens is 249 g/mol. The highest BCUT2D eigenvalue weighted by Gasteiger charge is 2.23. The van der Waals surface area contributed by atoms with Crippen LogP contribution in [0.15, 0.2) is 18.2 Å². The molecule has 1 saturated carbocycles. The van der Waals surface area contributed by atoms with Crippen LogP contribution in [-0.4, -0.2) is 12.6 Å². The number of nitrogens with one attached hydrogen (secondary N) is 1. The van der Waals surface area contributed by atoms with Gasteiger partial charge in [0.2, 0.25) is 0 Å². The molecule has 1 unspecified atom stereocenters. The summed E-state index contributed by atoms with van der Waals surface area (Å²) in [5.41, 5.74) is 0.657. The number of benzene rings is 1. The molecule has 1 aliphatic rings. The summed E-state index contributed by atoms with van der Waals surface area (Å²) in [6.07, 6.45) is 5.83. The molecular formula is C15H21ClFN. The third kappa shape index (κ3) is 3.46. The molecule has 0 aliphatic heterocycles. The molecule has 0 amide bonds. The van der Waals surface area contributed by atoms with Gasteiger partial charge in [0.15, 0.2) is 0 Å². The Bertz CT molecular complexity index is 370. The standard InChI is InChI=1S/C15H21ClFN/c1-2-18-12(9-11-5-3-6-11)10-13-14(16)7-4-8-15(13)17/h4,7-8,11-12,18H,2-3,5-6,9-10H2,1H3. The Morgan fingerprint density at radius 1 is 1.44 bits per heavy atom. The fourth-order valence-corrected chi connectivity index (χ4v) is 2.87. The van der Waals surface area contributed by atoms with Crippen molar-refractivity contribution < 1.29 is 4.39 Å². The van der Waals surface area contributed by atoms with Gasteiger partial charge >= 0.3 is 0 Å². The van der Waals surface area contributed by atoms with Crippen molar-refractivity contribution in [2.75, 3.05) is 6.54 Å². The molecule has 1 aromatic rings. The number of hydrogen-bond donors (Lipinski definition) is 1. The first-order chi connectivity index (χ1) is 8.70. The Hall–Kier alpha value is -0.600. The van der Waals surface area contributed by atoms with E-state index in [1.165, 1.54) is 25.3 Å². The van der Waals surface area contributed by atoms with E-state index < -0.39 is 0 Å². The minimum Gasteiger partial charge on any atom is -0.314 e. The van der Waals surface area contributed by atoms with Gasteiger partial charge in [-0.1, -0.05) is 43.9 Å². The zero-order valence-electron chi connectivity index (χ0n) is 10.9. The van der Waals surface area contributed by atoms with Crippen molar-refractivity contribution in [2.45, 2.75) is 45.1 Å². The molecule has 3 heteroatoms. The highest BCUT2D eigenvalue weighted by atomic mass is 35.5. The second-order valence-corrected chi connectivity index (χ2v) is 5.60. The average molecular weight is 270 g/mol. The Morgan fingerprint density at radius 3 is 2.78 bits per heavy atom. The van der Waals surface area contributed by atoms with E-state index in [0.717, 1.165) is 18.9 Å². The van der Waals surface area contributed by atoms with Crippen molar-refractivity contribution >= 4 is 11.6 Å². The summed E-state index contributed by atoms with van der Waals surface area (Å²) >= 11 is 6.09. The third-order valence-electron chi connectivity index (χ3n) is 3.85. The van der Waals surface area contributed by atoms with Crippen molar-refractivity contribution in [2.24, 2.45) is 5.92 Å². The number of halogens is 2. The maximum atomic E-state index is 13.8. The van der Waals surface area contributed by atoms with E-state index in [4.69, 9.17) is 11.6 Å². The van der Waals surface area contributed by atoms with Crippen molar-refractivity contribution in [3.63, 3.8) is 0 Å². The van der Waals surface area contributed by atoms with Crippen LogP contribution in [-0.2, 0) is 6.42 Å². The molecule has 1 aromatic carbocycles. The minimum atomic E-state index is -0.181. The van der Waals surface area contributed by atoms with Gasteiger partial charge in [-0.05, 0) is 37.4 Å². The van der Waals surface area contributed by atoms with E-state index >= 15 is 0 Å². The zero-order chi connectivity index (χ0) is 13.0. The normalized spacial score (nSPS) is 17.5. The van der Waals surface area contributed by atoms with Crippen molar-refractivity contribution in [3.8, 4) is 0 Å². The summed E-state index contributed by atoms with van der Waals surface area (Å²) in [5.74, 6) is 0.638. The molecule has 18 heavy (non-hydrogen) atoms. The first-order valence-corrected chi connectivity index (χ1v) is 7.24. The lowest BCUT2D eigenvalue weighted by Gasteiger charge is -2.30. The fraction of sp³-hybridized carbons (Fsp3) is 0.600. The monoisotopic (exact) mass is 269 g/mol. The molecule has 0 spiro atoms. The van der Waals surface area contributed by atoms with Crippen molar-refractivity contribution in [1.82, 2.24) is 5.32 Å². The van der Waals surface area contributed by atoms with Crippen LogP contribution in [0.1, 0.15) is 38.2 Å². The largest absolute Gasteiger partial charge is 0.314 e. The van der Waals surface area contributed by atoms with Crippen LogP contribution < -0.4 is 5.32 Å². The lowest BCUT2D eigenvalue weighted by Crippen LogP contribution is -2.34. The molecule has 1 atom stereocenters. The summed E-state index contributed by atoms with van der Waals surface area (Å²) in [4.78, 5) is 0. The molecule has 100 valence electrons. The first-order valence-electron chi connectivity index (χ1n) is 6.87. The van der Waals surface area contributed by atoms with E-state index in [9.17, 15) is 4.39 Å². The van der Waals surface area contributed by atoms with Gasteiger partial charge in [-0.25, -0.2) is 4.39 Å². The maximum Gasteiger partial charge on any atom is 0.127 e. The van der Waals surface area contributed by atoms with Crippen LogP contribution in [0.3, 0.4) is 0 Å². The molecule has 0 saturated heterocycles. The highest BCUT2D eigenvalue weighted by molar-refractivity contribution is 6.31. The van der Waals surface area contributed by atoms with Gasteiger partial charge in [0.25, 0.3) is 0 Å². The van der Waals surface area contributed by atoms with Crippen molar-refractivity contribution in [1.29, 1.82) is 0 Å². The van der Waals surface area contributed by atoms with Gasteiger partial charge in [-0.2, -0.15) is 0 Å². The molecule has 0 bridgehead atoms. The van der Waals surface area contributed by atoms with E-state index in [-0.39, 0.29) is 5.82 Å². The van der Waals surface area contributed by atoms with Gasteiger partial charge in [-0.3, -0.25) is 0 Å². The second kappa shape index (κ2) is 6.53. The summed E-state index contributed by atoms with van der Waals surface area (Å²) < 4.78 is 13.8. The molecule has 1 nitrogen and oxygen atoms in total. The van der Waals surface area contributed by atoms with Gasteiger partial charge in [-0.15, -0.1) is 0 Å². The predicted octanol–water partition coefficient (Wildman–Crippen LogP) is 4.19. The van der Waals surface area contributed by atoms with Crippen LogP contribution >= 0.6 is 11.6 Å². The molecule has 0 aromatic heterocycles. The van der Waals surface area contributed by atoms with E-state index in [1.807, 2.05) is 0 Å². The number of hydrogen-bond acceptors (Lipinski definition) is 1. The molecule has 1 aliphatic carbocycles. The van der Waals surface area contributed by atoms with E-state index in [1.54, 1.807) is 12.1 Å². The van der Waals surface area contributed by atoms with Crippen LogP contribution in [0, 0.1) is 11.7 Å². The van der Waals surface area contributed by atoms with E-state index in [0.29, 0.717) is 23.0 Å². The van der Waals surface area contributed by atoms with Crippen LogP contribution in [0.2, 0.25) is 5.02 Å². The van der Waals surface area contributed by atoms with Gasteiger partial charge in [0, 0.05) is 16.6 Å². The summed E-state index contributed by atoms with van der Waals surface area (Å²) in [5, 5.41) is 4.01. The Labute approximate surface area is 114 Å². The van der Waals surface area contributed by atoms with Crippen LogP contribution in [0.4, 0.5) is 4.39 Å². The lowest BCUT2D eigenvalue weighted by molar-refractivity contribution is 0.259. The molecule has 0 radical (unpaired) electrons. The Morgan fingerprint density at radius 2 is 2.22 bits per heavy atom. The highest BCUT2D eigenvalue weighted by Crippen LogP contribution is 2.32. The average Bonchev–Trinajstić information content (AvgIpc) is 2.28. The number of likely N-dealkylation sites (N-methyl/N-ethyl adjacent to an activating group) is 1. The van der Waals surface area contributed by atoms with E-state index in [2.05, 4.69) is 12.2 Å². The smallest absolute Gasteiger partial charge is 0.127 e. The topological polar surface area (TPSA) is 12.0 Å². The minimum absolute atomic E-state index is 0.181. The Kier molecular flexibility index (Phi) is 5.02. The summed E-state index contributed by atoms with van der Waals surface area (Å²) in [6.45, 7) is 3.01. The fourth-order valence-electron chi connectivity index (χ4n) is 2.63. The Balaban J connectivity index is 2.02. The lowest BCUT2D eigenvalue weighted by atomic mass is 9.80. The van der Waals surface area contributed by atoms with Crippen LogP contribution in [0.5, 0.6) is 0 Å². The van der Waals surface area contributed by atoms with Crippen molar-refractivity contribution in [3.05, 3.63) is 34.6 Å². The molecule has 1 N–H and O–H groups in total. The zero-order valence-corrected chi connectivity index (χ0v) is 11.6. The quantitative estimate of drug-likeness (QED) is 0.817. The molecule has 0 heterocycles. The predicted molar refractivity (Wildman–Crippen MR) is 74.5 cm³/mol. The van der Waals surface area contributed by atoms with Gasteiger partial charge < -0.3 is 5.32 Å². The van der Waals surface area contributed by atoms with Gasteiger partial charge in [0.05, 0.1) is 0 Å². The first kappa shape index (κ1) is 13.8. The second-order valence-electron chi connectivity index (χ2n) is 5.19. The van der Waals surface area contributed by atoms with Gasteiger partial charge in [0.1, 0.15) is 5.82 Å². The van der Waals surface area contributed by atoms with Crippen LogP contribution in [0.25, 0.3) is 0 Å². The molecule has 1 fully saturated rings. The summed E-state index contributed by atoms with van der Waals surface area (Å²) in [7, 11) is 0. The third-order valence-corrected chi connectivity index (χ3v) is 4.20. The SMILES string of the molecule is CCNC(Cc1c(F)cccc1Cl)CC1CCC1. The maximum absolute atomic E-state index is 13.8. The molecule has 2 rings (SSSR count). The summed E-state index contributed by atoms with van der Waals surface area (Å²) in [6, 6.07) is 5.27. The number of rotatable bonds is 6.